The van der Waals surface area contributed by atoms with Crippen LogP contribution in [0.4, 0.5) is 5.69 Å². The fourth-order valence-corrected chi connectivity index (χ4v) is 7.69. The largest absolute Gasteiger partial charge is 0.352 e. The van der Waals surface area contributed by atoms with Gasteiger partial charge in [0.25, 0.3) is 10.0 Å². The molecule has 1 fully saturated rings. The maximum atomic E-state index is 14.7. The molecule has 4 aromatic carbocycles. The summed E-state index contributed by atoms with van der Waals surface area (Å²) < 4.78 is 29.7. The van der Waals surface area contributed by atoms with E-state index in [4.69, 9.17) is 23.2 Å². The number of nitrogens with zero attached hydrogens (tertiary/aromatic N) is 2. The van der Waals surface area contributed by atoms with E-state index in [1.54, 1.807) is 61.5 Å². The number of nitrogens with one attached hydrogen (secondary N) is 1. The van der Waals surface area contributed by atoms with Crippen molar-refractivity contribution in [2.45, 2.75) is 69.5 Å². The lowest BCUT2D eigenvalue weighted by atomic mass is 10.0. The van der Waals surface area contributed by atoms with E-state index in [-0.39, 0.29) is 35.5 Å². The van der Waals surface area contributed by atoms with E-state index >= 15 is 0 Å². The van der Waals surface area contributed by atoms with Crippen molar-refractivity contribution in [3.8, 4) is 0 Å². The number of amides is 2. The highest BCUT2D eigenvalue weighted by Crippen LogP contribution is 2.32. The van der Waals surface area contributed by atoms with Gasteiger partial charge in [-0.15, -0.1) is 0 Å². The molecule has 2 amide bonds. The second kappa shape index (κ2) is 15.4. The first kappa shape index (κ1) is 34.5. The van der Waals surface area contributed by atoms with Crippen LogP contribution in [-0.2, 0) is 32.6 Å². The van der Waals surface area contributed by atoms with E-state index in [0.29, 0.717) is 15.6 Å². The van der Waals surface area contributed by atoms with Gasteiger partial charge in [-0.05, 0) is 79.8 Å². The fourth-order valence-electron chi connectivity index (χ4n) is 5.93. The summed E-state index contributed by atoms with van der Waals surface area (Å²) >= 11 is 12.7. The molecule has 10 heteroatoms. The summed E-state index contributed by atoms with van der Waals surface area (Å²) in [6, 6.07) is 27.2. The second-order valence-electron chi connectivity index (χ2n) is 12.1. The zero-order valence-electron chi connectivity index (χ0n) is 26.5. The predicted molar refractivity (Wildman–Crippen MR) is 188 cm³/mol. The van der Waals surface area contributed by atoms with Crippen LogP contribution in [0.1, 0.15) is 47.9 Å². The van der Waals surface area contributed by atoms with Gasteiger partial charge in [-0.1, -0.05) is 102 Å². The average molecular weight is 693 g/mol. The van der Waals surface area contributed by atoms with Crippen LogP contribution in [0.25, 0.3) is 0 Å². The molecule has 0 saturated heterocycles. The Kier molecular flexibility index (Phi) is 11.3. The molecule has 4 aromatic rings. The molecule has 0 radical (unpaired) electrons. The lowest BCUT2D eigenvalue weighted by Gasteiger charge is -2.34. The van der Waals surface area contributed by atoms with Crippen LogP contribution in [0.15, 0.2) is 102 Å². The molecule has 0 spiro atoms. The monoisotopic (exact) mass is 691 g/mol. The van der Waals surface area contributed by atoms with E-state index in [0.717, 1.165) is 46.7 Å². The first-order valence-corrected chi connectivity index (χ1v) is 18.0. The maximum absolute atomic E-state index is 14.7. The number of carbonyl (C=O) groups is 2. The fraction of sp³-hybridized carbons (Fsp3) is 0.297. The molecule has 0 bridgehead atoms. The van der Waals surface area contributed by atoms with E-state index in [9.17, 15) is 18.0 Å². The minimum Gasteiger partial charge on any atom is -0.352 e. The molecule has 1 N–H and O–H groups in total. The van der Waals surface area contributed by atoms with Crippen molar-refractivity contribution in [2.75, 3.05) is 10.8 Å². The SMILES string of the molecule is Cc1ccc(S(=O)(=O)N(CC(=O)N(Cc2ccc(Cl)cc2)C(Cc2ccccc2)C(=O)NC2CCCC2)c2cccc(Cl)c2C)cc1. The highest BCUT2D eigenvalue weighted by atomic mass is 35.5. The first-order chi connectivity index (χ1) is 22.5. The van der Waals surface area contributed by atoms with Gasteiger partial charge in [-0.2, -0.15) is 0 Å². The number of anilines is 1. The highest BCUT2D eigenvalue weighted by Gasteiger charge is 2.36. The normalized spacial score (nSPS) is 14.0. The van der Waals surface area contributed by atoms with E-state index < -0.39 is 28.5 Å². The number of rotatable bonds is 12. The van der Waals surface area contributed by atoms with Gasteiger partial charge in [0, 0.05) is 29.1 Å². The zero-order valence-corrected chi connectivity index (χ0v) is 28.9. The highest BCUT2D eigenvalue weighted by molar-refractivity contribution is 7.92. The molecule has 1 atom stereocenters. The Bertz CT molecular complexity index is 1790. The third kappa shape index (κ3) is 8.55. The molecule has 5 rings (SSSR count). The van der Waals surface area contributed by atoms with Gasteiger partial charge in [0.1, 0.15) is 12.6 Å². The van der Waals surface area contributed by atoms with Crippen molar-refractivity contribution in [3.63, 3.8) is 0 Å². The molecule has 1 saturated carbocycles. The lowest BCUT2D eigenvalue weighted by Crippen LogP contribution is -2.54. The van der Waals surface area contributed by atoms with Crippen LogP contribution >= 0.6 is 23.2 Å². The van der Waals surface area contributed by atoms with Gasteiger partial charge in [0.15, 0.2) is 0 Å². The van der Waals surface area contributed by atoms with E-state index in [1.807, 2.05) is 37.3 Å². The summed E-state index contributed by atoms with van der Waals surface area (Å²) in [6.45, 7) is 3.11. The van der Waals surface area contributed by atoms with Crippen molar-refractivity contribution >= 4 is 50.7 Å². The molecule has 0 heterocycles. The van der Waals surface area contributed by atoms with Crippen molar-refractivity contribution in [1.82, 2.24) is 10.2 Å². The first-order valence-electron chi connectivity index (χ1n) is 15.8. The molecule has 1 aliphatic carbocycles. The van der Waals surface area contributed by atoms with Crippen molar-refractivity contribution in [3.05, 3.63) is 129 Å². The van der Waals surface area contributed by atoms with Crippen LogP contribution in [0, 0.1) is 13.8 Å². The summed E-state index contributed by atoms with van der Waals surface area (Å²) in [5.74, 6) is -0.799. The molecule has 7 nitrogen and oxygen atoms in total. The quantitative estimate of drug-likeness (QED) is 0.167. The summed E-state index contributed by atoms with van der Waals surface area (Å²) in [6.07, 6.45) is 4.08. The molecule has 0 aliphatic heterocycles. The smallest absolute Gasteiger partial charge is 0.264 e. The minimum atomic E-state index is -4.23. The Labute approximate surface area is 287 Å². The van der Waals surface area contributed by atoms with Crippen LogP contribution in [0.3, 0.4) is 0 Å². The third-order valence-corrected chi connectivity index (χ3v) is 11.1. The van der Waals surface area contributed by atoms with Crippen molar-refractivity contribution in [2.24, 2.45) is 0 Å². The maximum Gasteiger partial charge on any atom is 0.264 e. The second-order valence-corrected chi connectivity index (χ2v) is 14.8. The Morgan fingerprint density at radius 3 is 2.15 bits per heavy atom. The van der Waals surface area contributed by atoms with E-state index in [1.165, 1.54) is 17.0 Å². The van der Waals surface area contributed by atoms with Gasteiger partial charge in [-0.25, -0.2) is 8.42 Å². The summed E-state index contributed by atoms with van der Waals surface area (Å²) in [5, 5.41) is 4.10. The zero-order chi connectivity index (χ0) is 33.6. The van der Waals surface area contributed by atoms with Gasteiger partial charge in [0.05, 0.1) is 10.6 Å². The number of hydrogen-bond donors (Lipinski definition) is 1. The Balaban J connectivity index is 1.58. The van der Waals surface area contributed by atoms with Crippen molar-refractivity contribution < 1.29 is 18.0 Å². The molecule has 47 heavy (non-hydrogen) atoms. The molecular formula is C37H39Cl2N3O4S. The molecular weight excluding hydrogens is 653 g/mol. The van der Waals surface area contributed by atoms with Gasteiger partial charge in [-0.3, -0.25) is 13.9 Å². The molecule has 1 unspecified atom stereocenters. The van der Waals surface area contributed by atoms with Crippen LogP contribution in [-0.4, -0.2) is 43.8 Å². The predicted octanol–water partition coefficient (Wildman–Crippen LogP) is 7.50. The number of benzene rings is 4. The minimum absolute atomic E-state index is 0.0285. The van der Waals surface area contributed by atoms with Gasteiger partial charge in [0.2, 0.25) is 11.8 Å². The number of carbonyl (C=O) groups excluding carboxylic acids is 2. The molecule has 0 aromatic heterocycles. The number of aryl methyl sites for hydroxylation is 1. The average Bonchev–Trinajstić information content (AvgIpc) is 3.57. The number of hydrogen-bond acceptors (Lipinski definition) is 4. The summed E-state index contributed by atoms with van der Waals surface area (Å²) in [4.78, 5) is 30.3. The summed E-state index contributed by atoms with van der Waals surface area (Å²) in [7, 11) is -4.23. The standard InChI is InChI=1S/C37H39Cl2N3O4S/c1-26-15-21-32(22-16-26)47(45,46)42(34-14-8-13-33(39)27(34)2)25-36(43)41(24-29-17-19-30(38)20-18-29)35(23-28-9-4-3-5-10-28)37(44)40-31-11-6-7-12-31/h3-5,8-10,13-22,31,35H,6-7,11-12,23-25H2,1-2H3,(H,40,44). The van der Waals surface area contributed by atoms with Crippen LogP contribution < -0.4 is 9.62 Å². The van der Waals surface area contributed by atoms with Gasteiger partial charge < -0.3 is 10.2 Å². The summed E-state index contributed by atoms with van der Waals surface area (Å²) in [5.41, 5.74) is 3.33. The van der Waals surface area contributed by atoms with Gasteiger partial charge >= 0.3 is 0 Å². The van der Waals surface area contributed by atoms with E-state index in [2.05, 4.69) is 5.32 Å². The Morgan fingerprint density at radius 2 is 1.49 bits per heavy atom. The van der Waals surface area contributed by atoms with Crippen LogP contribution in [0.5, 0.6) is 0 Å². The topological polar surface area (TPSA) is 86.8 Å². The third-order valence-electron chi connectivity index (χ3n) is 8.63. The Morgan fingerprint density at radius 1 is 0.830 bits per heavy atom. The molecule has 246 valence electrons. The van der Waals surface area contributed by atoms with Crippen molar-refractivity contribution in [1.29, 1.82) is 0 Å². The van der Waals surface area contributed by atoms with Crippen LogP contribution in [0.2, 0.25) is 10.0 Å². The lowest BCUT2D eigenvalue weighted by molar-refractivity contribution is -0.140. The Hall–Kier alpha value is -3.85. The molecule has 1 aliphatic rings. The number of halogens is 2. The number of sulfonamides is 1.